The van der Waals surface area contributed by atoms with Crippen LogP contribution in [0.25, 0.3) is 5.82 Å². The zero-order chi connectivity index (χ0) is 25.2. The lowest BCUT2D eigenvalue weighted by Gasteiger charge is -2.35. The Morgan fingerprint density at radius 1 is 0.861 bits per heavy atom. The summed E-state index contributed by atoms with van der Waals surface area (Å²) in [6.07, 6.45) is 0. The molecule has 3 heterocycles. The Morgan fingerprint density at radius 3 is 2.28 bits per heavy atom. The molecule has 36 heavy (non-hydrogen) atoms. The van der Waals surface area contributed by atoms with Crippen LogP contribution in [0.2, 0.25) is 0 Å². The summed E-state index contributed by atoms with van der Waals surface area (Å²) in [6.45, 7) is 8.29. The lowest BCUT2D eigenvalue weighted by molar-refractivity contribution is 0.0746. The number of benzene rings is 2. The van der Waals surface area contributed by atoms with Crippen molar-refractivity contribution in [2.75, 3.05) is 31.1 Å². The molecule has 0 atom stereocenters. The maximum absolute atomic E-state index is 13.2. The van der Waals surface area contributed by atoms with Crippen molar-refractivity contribution in [2.24, 2.45) is 0 Å². The lowest BCUT2D eigenvalue weighted by atomic mass is 10.1. The Hall–Kier alpha value is -4.27. The molecule has 0 saturated carbocycles. The lowest BCUT2D eigenvalue weighted by Crippen LogP contribution is -2.49. The second-order valence-corrected chi connectivity index (χ2v) is 8.83. The molecule has 9 heteroatoms. The van der Waals surface area contributed by atoms with Crippen LogP contribution in [0, 0.1) is 26.6 Å². The first kappa shape index (κ1) is 23.5. The number of hydrogen-bond donors (Lipinski definition) is 0. The van der Waals surface area contributed by atoms with Crippen molar-refractivity contribution in [3.8, 4) is 17.3 Å². The average Bonchev–Trinajstić information content (AvgIpc) is 3.22. The molecule has 2 aromatic carbocycles. The first-order valence-electron chi connectivity index (χ1n) is 11.8. The van der Waals surface area contributed by atoms with E-state index in [4.69, 9.17) is 4.74 Å². The van der Waals surface area contributed by atoms with Gasteiger partial charge in [0.2, 0.25) is 0 Å². The third kappa shape index (κ3) is 5.05. The zero-order valence-electron chi connectivity index (χ0n) is 20.5. The van der Waals surface area contributed by atoms with E-state index in [1.807, 2.05) is 42.5 Å². The smallest absolute Gasteiger partial charge is 0.254 e. The minimum atomic E-state index is -0.328. The molecule has 1 aliphatic heterocycles. The van der Waals surface area contributed by atoms with Crippen molar-refractivity contribution in [3.05, 3.63) is 89.3 Å². The third-order valence-corrected chi connectivity index (χ3v) is 6.06. The topological polar surface area (TPSA) is 76.4 Å². The van der Waals surface area contributed by atoms with E-state index in [1.165, 1.54) is 12.1 Å². The van der Waals surface area contributed by atoms with Gasteiger partial charge in [-0.2, -0.15) is 5.10 Å². The van der Waals surface area contributed by atoms with Crippen LogP contribution in [0.4, 0.5) is 10.2 Å². The van der Waals surface area contributed by atoms with Crippen LogP contribution >= 0.6 is 0 Å². The molecule has 0 spiro atoms. The minimum Gasteiger partial charge on any atom is -0.457 e. The molecule has 2 aromatic heterocycles. The van der Waals surface area contributed by atoms with E-state index in [1.54, 1.807) is 36.4 Å². The first-order chi connectivity index (χ1) is 17.4. The molecular formula is C27H27FN6O2. The van der Waals surface area contributed by atoms with E-state index in [2.05, 4.69) is 20.0 Å². The quantitative estimate of drug-likeness (QED) is 0.414. The Labute approximate surface area is 209 Å². The monoisotopic (exact) mass is 486 g/mol. The molecule has 8 nitrogen and oxygen atoms in total. The Morgan fingerprint density at radius 2 is 1.58 bits per heavy atom. The SMILES string of the molecule is Cc1cc(C)n(-c2cc(N3CCN(C(=O)c4cccc(Oc5ccc(F)cc5)c4)CC3)nc(C)n2)n1. The van der Waals surface area contributed by atoms with Crippen LogP contribution in [0.3, 0.4) is 0 Å². The molecule has 1 saturated heterocycles. The molecule has 5 rings (SSSR count). The molecular weight excluding hydrogens is 459 g/mol. The number of hydrogen-bond acceptors (Lipinski definition) is 6. The molecule has 1 aliphatic rings. The summed E-state index contributed by atoms with van der Waals surface area (Å²) in [4.78, 5) is 26.4. The average molecular weight is 487 g/mol. The number of piperazine rings is 1. The maximum atomic E-state index is 13.2. The summed E-state index contributed by atoms with van der Waals surface area (Å²) in [7, 11) is 0. The molecule has 184 valence electrons. The highest BCUT2D eigenvalue weighted by Crippen LogP contribution is 2.24. The van der Waals surface area contributed by atoms with E-state index in [-0.39, 0.29) is 11.7 Å². The minimum absolute atomic E-state index is 0.0543. The largest absolute Gasteiger partial charge is 0.457 e. The fraction of sp³-hybridized carbons (Fsp3) is 0.259. The standard InChI is InChI=1S/C27H27FN6O2/c1-18-15-19(2)34(31-18)26-17-25(29-20(3)30-26)32-11-13-33(14-12-32)27(35)21-5-4-6-24(16-21)36-23-9-7-22(28)8-10-23/h4-10,15-17H,11-14H2,1-3H3. The number of anilines is 1. The van der Waals surface area contributed by atoms with Gasteiger partial charge in [-0.1, -0.05) is 6.07 Å². The van der Waals surface area contributed by atoms with Gasteiger partial charge >= 0.3 is 0 Å². The number of nitrogens with zero attached hydrogens (tertiary/aromatic N) is 6. The van der Waals surface area contributed by atoms with Crippen molar-refractivity contribution in [1.29, 1.82) is 0 Å². The van der Waals surface area contributed by atoms with Crippen LogP contribution in [0.5, 0.6) is 11.5 Å². The van der Waals surface area contributed by atoms with Gasteiger partial charge in [-0.05, 0) is 69.3 Å². The van der Waals surface area contributed by atoms with Gasteiger partial charge < -0.3 is 14.5 Å². The van der Waals surface area contributed by atoms with E-state index in [0.717, 1.165) is 23.0 Å². The summed E-state index contributed by atoms with van der Waals surface area (Å²) in [5.41, 5.74) is 2.50. The number of rotatable bonds is 5. The van der Waals surface area contributed by atoms with Gasteiger partial charge in [0.15, 0.2) is 5.82 Å². The number of amides is 1. The van der Waals surface area contributed by atoms with Crippen LogP contribution < -0.4 is 9.64 Å². The fourth-order valence-electron chi connectivity index (χ4n) is 4.32. The second-order valence-electron chi connectivity index (χ2n) is 8.83. The summed E-state index contributed by atoms with van der Waals surface area (Å²) >= 11 is 0. The predicted octanol–water partition coefficient (Wildman–Crippen LogP) is 4.48. The van der Waals surface area contributed by atoms with Crippen LogP contribution in [-0.4, -0.2) is 56.7 Å². The molecule has 1 amide bonds. The zero-order valence-corrected chi connectivity index (χ0v) is 20.5. The fourth-order valence-corrected chi connectivity index (χ4v) is 4.32. The van der Waals surface area contributed by atoms with E-state index in [0.29, 0.717) is 49.1 Å². The predicted molar refractivity (Wildman–Crippen MR) is 134 cm³/mol. The second kappa shape index (κ2) is 9.77. The molecule has 0 N–H and O–H groups in total. The third-order valence-electron chi connectivity index (χ3n) is 6.06. The Bertz CT molecular complexity index is 1390. The van der Waals surface area contributed by atoms with Gasteiger partial charge in [-0.25, -0.2) is 19.0 Å². The van der Waals surface area contributed by atoms with Crippen molar-refractivity contribution in [3.63, 3.8) is 0 Å². The number of carbonyl (C=O) groups is 1. The summed E-state index contributed by atoms with van der Waals surface area (Å²) < 4.78 is 20.8. The van der Waals surface area contributed by atoms with Crippen molar-refractivity contribution < 1.29 is 13.9 Å². The summed E-state index contributed by atoms with van der Waals surface area (Å²) in [5.74, 6) is 2.89. The van der Waals surface area contributed by atoms with Crippen LogP contribution in [0.15, 0.2) is 60.7 Å². The maximum Gasteiger partial charge on any atom is 0.254 e. The highest BCUT2D eigenvalue weighted by Gasteiger charge is 2.24. The highest BCUT2D eigenvalue weighted by atomic mass is 19.1. The molecule has 0 radical (unpaired) electrons. The number of aryl methyl sites for hydroxylation is 3. The highest BCUT2D eigenvalue weighted by molar-refractivity contribution is 5.94. The van der Waals surface area contributed by atoms with E-state index < -0.39 is 0 Å². The van der Waals surface area contributed by atoms with Gasteiger partial charge in [-0.3, -0.25) is 4.79 Å². The Balaban J connectivity index is 1.26. The van der Waals surface area contributed by atoms with E-state index in [9.17, 15) is 9.18 Å². The van der Waals surface area contributed by atoms with Crippen molar-refractivity contribution >= 4 is 11.7 Å². The molecule has 0 aliphatic carbocycles. The normalized spacial score (nSPS) is 13.7. The van der Waals surface area contributed by atoms with Gasteiger partial charge in [0.1, 0.15) is 29.0 Å². The number of halogens is 1. The molecule has 0 unspecified atom stereocenters. The summed E-state index contributed by atoms with van der Waals surface area (Å²) in [6, 6.07) is 16.8. The first-order valence-corrected chi connectivity index (χ1v) is 11.8. The summed E-state index contributed by atoms with van der Waals surface area (Å²) in [5, 5.41) is 4.54. The van der Waals surface area contributed by atoms with Gasteiger partial charge in [0.05, 0.1) is 5.69 Å². The van der Waals surface area contributed by atoms with Gasteiger partial charge in [-0.15, -0.1) is 0 Å². The van der Waals surface area contributed by atoms with Crippen LogP contribution in [0.1, 0.15) is 27.6 Å². The molecule has 0 bridgehead atoms. The van der Waals surface area contributed by atoms with Crippen LogP contribution in [-0.2, 0) is 0 Å². The number of ether oxygens (including phenoxy) is 1. The van der Waals surface area contributed by atoms with Crippen molar-refractivity contribution in [2.45, 2.75) is 20.8 Å². The van der Waals surface area contributed by atoms with Gasteiger partial charge in [0, 0.05) is 43.5 Å². The number of aromatic nitrogens is 4. The van der Waals surface area contributed by atoms with E-state index >= 15 is 0 Å². The van der Waals surface area contributed by atoms with Gasteiger partial charge in [0.25, 0.3) is 5.91 Å². The Kier molecular flexibility index (Phi) is 6.37. The number of carbonyl (C=O) groups excluding carboxylic acids is 1. The molecule has 4 aromatic rings. The molecule has 1 fully saturated rings. The van der Waals surface area contributed by atoms with Crippen molar-refractivity contribution in [1.82, 2.24) is 24.6 Å².